The quantitative estimate of drug-likeness (QED) is 0.227. The molecular formula is C5H10N6. The predicted molar refractivity (Wildman–Crippen MR) is 40.7 cm³/mol. The summed E-state index contributed by atoms with van der Waals surface area (Å²) in [4.78, 5) is 0. The SMILES string of the molecule is Cc1nnc(/C(N)=N/N)n1C. The van der Waals surface area contributed by atoms with Gasteiger partial charge >= 0.3 is 0 Å². The predicted octanol–water partition coefficient (Wildman–Crippen LogP) is -1.30. The molecule has 6 heteroatoms. The highest BCUT2D eigenvalue weighted by Crippen LogP contribution is 1.95. The molecule has 0 amide bonds. The Morgan fingerprint density at radius 1 is 1.55 bits per heavy atom. The topological polar surface area (TPSA) is 95.1 Å². The lowest BCUT2D eigenvalue weighted by Gasteiger charge is -1.97. The maximum Gasteiger partial charge on any atom is 0.200 e. The van der Waals surface area contributed by atoms with E-state index in [2.05, 4.69) is 15.3 Å². The maximum absolute atomic E-state index is 5.41. The molecule has 0 fully saturated rings. The molecule has 1 rings (SSSR count). The number of hydrazone groups is 1. The van der Waals surface area contributed by atoms with Crippen molar-refractivity contribution >= 4 is 5.84 Å². The molecule has 11 heavy (non-hydrogen) atoms. The first-order chi connectivity index (χ1) is 5.16. The van der Waals surface area contributed by atoms with Crippen LogP contribution in [0.1, 0.15) is 11.6 Å². The van der Waals surface area contributed by atoms with Gasteiger partial charge in [0, 0.05) is 7.05 Å². The molecule has 0 atom stereocenters. The van der Waals surface area contributed by atoms with Gasteiger partial charge in [-0.05, 0) is 6.92 Å². The van der Waals surface area contributed by atoms with Crippen LogP contribution in [0.5, 0.6) is 0 Å². The molecule has 0 bridgehead atoms. The average Bonchev–Trinajstić information content (AvgIpc) is 2.32. The summed E-state index contributed by atoms with van der Waals surface area (Å²) in [7, 11) is 1.79. The zero-order valence-corrected chi connectivity index (χ0v) is 6.44. The number of aromatic nitrogens is 3. The summed E-state index contributed by atoms with van der Waals surface area (Å²) in [6, 6.07) is 0. The fraction of sp³-hybridized carbons (Fsp3) is 0.400. The number of rotatable bonds is 1. The zero-order valence-electron chi connectivity index (χ0n) is 6.44. The summed E-state index contributed by atoms with van der Waals surface area (Å²) in [5.74, 6) is 6.41. The number of aryl methyl sites for hydroxylation is 1. The first-order valence-electron chi connectivity index (χ1n) is 3.06. The Hall–Kier alpha value is -1.59. The van der Waals surface area contributed by atoms with Crippen molar-refractivity contribution in [1.29, 1.82) is 0 Å². The summed E-state index contributed by atoms with van der Waals surface area (Å²) in [5, 5.41) is 10.8. The lowest BCUT2D eigenvalue weighted by molar-refractivity contribution is 0.846. The van der Waals surface area contributed by atoms with E-state index < -0.39 is 0 Å². The fourth-order valence-corrected chi connectivity index (χ4v) is 0.688. The molecule has 4 N–H and O–H groups in total. The van der Waals surface area contributed by atoms with Crippen molar-refractivity contribution < 1.29 is 0 Å². The highest BCUT2D eigenvalue weighted by molar-refractivity contribution is 5.93. The van der Waals surface area contributed by atoms with Crippen LogP contribution in [-0.2, 0) is 7.05 Å². The fourth-order valence-electron chi connectivity index (χ4n) is 0.688. The summed E-state index contributed by atoms with van der Waals surface area (Å²) in [6.07, 6.45) is 0. The van der Waals surface area contributed by atoms with Crippen LogP contribution < -0.4 is 11.6 Å². The largest absolute Gasteiger partial charge is 0.379 e. The molecule has 0 aliphatic heterocycles. The summed E-state index contributed by atoms with van der Waals surface area (Å²) >= 11 is 0. The molecule has 0 saturated carbocycles. The van der Waals surface area contributed by atoms with Crippen LogP contribution in [0.15, 0.2) is 5.10 Å². The first kappa shape index (κ1) is 7.52. The van der Waals surface area contributed by atoms with Gasteiger partial charge in [-0.1, -0.05) is 0 Å². The van der Waals surface area contributed by atoms with Crippen molar-refractivity contribution in [2.75, 3.05) is 0 Å². The second kappa shape index (κ2) is 2.57. The van der Waals surface area contributed by atoms with E-state index in [0.717, 1.165) is 5.82 Å². The van der Waals surface area contributed by atoms with Crippen LogP contribution in [0.25, 0.3) is 0 Å². The molecule has 0 aliphatic rings. The monoisotopic (exact) mass is 154 g/mol. The molecular weight excluding hydrogens is 144 g/mol. The molecule has 0 saturated heterocycles. The van der Waals surface area contributed by atoms with Crippen LogP contribution in [0.4, 0.5) is 0 Å². The Kier molecular flexibility index (Phi) is 1.75. The standard InChI is InChI=1S/C5H10N6/c1-3-9-10-5(11(3)2)4(6)8-7/h7H2,1-2H3,(H2,6,8). The molecule has 0 aliphatic carbocycles. The van der Waals surface area contributed by atoms with E-state index in [1.165, 1.54) is 0 Å². The van der Waals surface area contributed by atoms with Gasteiger partial charge in [0.1, 0.15) is 5.82 Å². The van der Waals surface area contributed by atoms with Crippen LogP contribution in [-0.4, -0.2) is 20.6 Å². The lowest BCUT2D eigenvalue weighted by Crippen LogP contribution is -2.20. The van der Waals surface area contributed by atoms with Crippen LogP contribution in [0.3, 0.4) is 0 Å². The van der Waals surface area contributed by atoms with E-state index in [1.54, 1.807) is 11.6 Å². The Morgan fingerprint density at radius 2 is 2.18 bits per heavy atom. The number of hydrogen-bond acceptors (Lipinski definition) is 4. The van der Waals surface area contributed by atoms with Crippen LogP contribution in [0, 0.1) is 6.92 Å². The zero-order chi connectivity index (χ0) is 8.43. The Labute approximate surface area is 63.9 Å². The number of nitrogens with two attached hydrogens (primary N) is 2. The third kappa shape index (κ3) is 1.14. The van der Waals surface area contributed by atoms with Gasteiger partial charge in [0.25, 0.3) is 0 Å². The third-order valence-corrected chi connectivity index (χ3v) is 1.46. The maximum atomic E-state index is 5.41. The van der Waals surface area contributed by atoms with Gasteiger partial charge < -0.3 is 16.1 Å². The van der Waals surface area contributed by atoms with Crippen molar-refractivity contribution in [1.82, 2.24) is 14.8 Å². The third-order valence-electron chi connectivity index (χ3n) is 1.46. The Bertz CT molecular complexity index is 285. The molecule has 1 heterocycles. The van der Waals surface area contributed by atoms with E-state index >= 15 is 0 Å². The number of amidine groups is 1. The molecule has 6 nitrogen and oxygen atoms in total. The minimum Gasteiger partial charge on any atom is -0.379 e. The second-order valence-corrected chi connectivity index (χ2v) is 2.14. The van der Waals surface area contributed by atoms with Crippen molar-refractivity contribution in [3.8, 4) is 0 Å². The van der Waals surface area contributed by atoms with Crippen LogP contribution >= 0.6 is 0 Å². The minimum atomic E-state index is 0.188. The molecule has 0 unspecified atom stereocenters. The normalized spacial score (nSPS) is 12.0. The molecule has 60 valence electrons. The van der Waals surface area contributed by atoms with Crippen LogP contribution in [0.2, 0.25) is 0 Å². The van der Waals surface area contributed by atoms with Crippen molar-refractivity contribution in [2.45, 2.75) is 6.92 Å². The summed E-state index contributed by atoms with van der Waals surface area (Å²) < 4.78 is 1.71. The highest BCUT2D eigenvalue weighted by atomic mass is 15.3. The van der Waals surface area contributed by atoms with E-state index in [-0.39, 0.29) is 5.84 Å². The smallest absolute Gasteiger partial charge is 0.200 e. The highest BCUT2D eigenvalue weighted by Gasteiger charge is 2.07. The van der Waals surface area contributed by atoms with Gasteiger partial charge in [0.15, 0.2) is 5.84 Å². The molecule has 0 spiro atoms. The van der Waals surface area contributed by atoms with E-state index in [9.17, 15) is 0 Å². The van der Waals surface area contributed by atoms with E-state index in [1.807, 2.05) is 6.92 Å². The number of hydrogen-bond donors (Lipinski definition) is 2. The van der Waals surface area contributed by atoms with Crippen molar-refractivity contribution in [3.05, 3.63) is 11.6 Å². The Balaban J connectivity index is 3.15. The van der Waals surface area contributed by atoms with Gasteiger partial charge in [0.2, 0.25) is 5.82 Å². The molecule has 0 aromatic carbocycles. The summed E-state index contributed by atoms with van der Waals surface area (Å²) in [6.45, 7) is 1.82. The molecule has 1 aromatic heterocycles. The average molecular weight is 154 g/mol. The van der Waals surface area contributed by atoms with E-state index in [0.29, 0.717) is 5.82 Å². The van der Waals surface area contributed by atoms with Crippen molar-refractivity contribution in [3.63, 3.8) is 0 Å². The minimum absolute atomic E-state index is 0.188. The lowest BCUT2D eigenvalue weighted by atomic mass is 10.5. The van der Waals surface area contributed by atoms with Gasteiger partial charge in [-0.15, -0.1) is 10.2 Å². The van der Waals surface area contributed by atoms with Gasteiger partial charge in [0.05, 0.1) is 0 Å². The molecule has 0 radical (unpaired) electrons. The van der Waals surface area contributed by atoms with Crippen molar-refractivity contribution in [2.24, 2.45) is 23.7 Å². The second-order valence-electron chi connectivity index (χ2n) is 2.14. The first-order valence-corrected chi connectivity index (χ1v) is 3.06. The summed E-state index contributed by atoms with van der Waals surface area (Å²) in [5.41, 5.74) is 5.41. The Morgan fingerprint density at radius 3 is 2.55 bits per heavy atom. The van der Waals surface area contributed by atoms with E-state index in [4.69, 9.17) is 11.6 Å². The van der Waals surface area contributed by atoms with Gasteiger partial charge in [-0.3, -0.25) is 0 Å². The molecule has 1 aromatic rings. The van der Waals surface area contributed by atoms with Gasteiger partial charge in [-0.25, -0.2) is 0 Å². The van der Waals surface area contributed by atoms with Gasteiger partial charge in [-0.2, -0.15) is 5.10 Å². The number of nitrogens with zero attached hydrogens (tertiary/aromatic N) is 4.